The van der Waals surface area contributed by atoms with E-state index in [1.807, 2.05) is 0 Å². The van der Waals surface area contributed by atoms with Crippen LogP contribution in [0.4, 0.5) is 5.82 Å². The molecule has 5 heteroatoms. The van der Waals surface area contributed by atoms with E-state index in [9.17, 15) is 0 Å². The summed E-state index contributed by atoms with van der Waals surface area (Å²) in [5, 5.41) is 0. The second kappa shape index (κ2) is 6.22. The molecule has 0 unspecified atom stereocenters. The van der Waals surface area contributed by atoms with E-state index in [0.29, 0.717) is 18.8 Å². The van der Waals surface area contributed by atoms with Gasteiger partial charge in [-0.3, -0.25) is 0 Å². The van der Waals surface area contributed by atoms with Gasteiger partial charge in [-0.25, -0.2) is 9.97 Å². The van der Waals surface area contributed by atoms with E-state index in [1.165, 1.54) is 0 Å². The molecule has 4 nitrogen and oxygen atoms in total. The van der Waals surface area contributed by atoms with E-state index in [4.69, 9.17) is 10.5 Å². The van der Waals surface area contributed by atoms with Crippen molar-refractivity contribution in [2.75, 3.05) is 19.5 Å². The van der Waals surface area contributed by atoms with Crippen molar-refractivity contribution >= 4 is 28.4 Å². The topological polar surface area (TPSA) is 61.0 Å². The summed E-state index contributed by atoms with van der Waals surface area (Å²) in [7, 11) is 1.67. The van der Waals surface area contributed by atoms with Gasteiger partial charge in [-0.15, -0.1) is 0 Å². The Morgan fingerprint density at radius 1 is 1.33 bits per heavy atom. The third kappa shape index (κ3) is 3.57. The second-order valence-corrected chi connectivity index (χ2v) is 4.36. The average molecular weight is 321 g/mol. The van der Waals surface area contributed by atoms with Crippen LogP contribution in [0.25, 0.3) is 0 Å². The van der Waals surface area contributed by atoms with Crippen molar-refractivity contribution in [1.82, 2.24) is 9.97 Å². The zero-order valence-corrected chi connectivity index (χ0v) is 11.2. The van der Waals surface area contributed by atoms with Gasteiger partial charge in [0.25, 0.3) is 0 Å². The molecule has 0 bridgehead atoms. The largest absolute Gasteiger partial charge is 0.384 e. The van der Waals surface area contributed by atoms with Crippen molar-refractivity contribution in [3.63, 3.8) is 0 Å². The fourth-order valence-corrected chi connectivity index (χ4v) is 1.78. The summed E-state index contributed by atoms with van der Waals surface area (Å²) in [4.78, 5) is 8.71. The molecule has 0 aliphatic heterocycles. The molecule has 0 saturated heterocycles. The number of methoxy groups -OCH3 is 1. The van der Waals surface area contributed by atoms with E-state index in [1.54, 1.807) is 7.11 Å². The summed E-state index contributed by atoms with van der Waals surface area (Å²) in [5.74, 6) is 1.36. The minimum Gasteiger partial charge on any atom is -0.384 e. The van der Waals surface area contributed by atoms with Crippen molar-refractivity contribution in [3.05, 3.63) is 15.1 Å². The highest BCUT2D eigenvalue weighted by Crippen LogP contribution is 2.17. The van der Waals surface area contributed by atoms with E-state index < -0.39 is 0 Å². The summed E-state index contributed by atoms with van der Waals surface area (Å²) in [6.45, 7) is 2.76. The molecule has 0 spiro atoms. The van der Waals surface area contributed by atoms with Gasteiger partial charge in [0.2, 0.25) is 0 Å². The van der Waals surface area contributed by atoms with Gasteiger partial charge < -0.3 is 10.5 Å². The molecule has 0 fully saturated rings. The zero-order valence-electron chi connectivity index (χ0n) is 9.09. The van der Waals surface area contributed by atoms with Gasteiger partial charge >= 0.3 is 0 Å². The first-order valence-corrected chi connectivity index (χ1v) is 6.06. The highest BCUT2D eigenvalue weighted by molar-refractivity contribution is 14.1. The summed E-state index contributed by atoms with van der Waals surface area (Å²) < 4.78 is 5.98. The fourth-order valence-electron chi connectivity index (χ4n) is 1.27. The van der Waals surface area contributed by atoms with Crippen LogP contribution in [0.3, 0.4) is 0 Å². The Hall–Kier alpha value is -0.430. The lowest BCUT2D eigenvalue weighted by Gasteiger charge is -2.07. The smallest absolute Gasteiger partial charge is 0.140 e. The Kier molecular flexibility index (Phi) is 5.24. The molecule has 1 aromatic heterocycles. The predicted molar refractivity (Wildman–Crippen MR) is 68.7 cm³/mol. The standard InChI is InChI=1S/C10H16IN3O/c1-3-4-7-9(11)10(12)14-8(13-7)5-6-15-2/h3-6H2,1-2H3,(H2,12,13,14). The van der Waals surface area contributed by atoms with Crippen molar-refractivity contribution in [3.8, 4) is 0 Å². The number of halogens is 1. The molecule has 1 heterocycles. The van der Waals surface area contributed by atoms with E-state index >= 15 is 0 Å². The minimum atomic E-state index is 0.583. The maximum Gasteiger partial charge on any atom is 0.140 e. The van der Waals surface area contributed by atoms with Gasteiger partial charge in [-0.05, 0) is 29.0 Å². The third-order valence-corrected chi connectivity index (χ3v) is 3.18. The van der Waals surface area contributed by atoms with E-state index in [2.05, 4.69) is 39.5 Å². The van der Waals surface area contributed by atoms with Crippen LogP contribution in [0.15, 0.2) is 0 Å². The molecule has 1 rings (SSSR count). The predicted octanol–water partition coefficient (Wildman–Crippen LogP) is 1.80. The monoisotopic (exact) mass is 321 g/mol. The van der Waals surface area contributed by atoms with E-state index in [0.717, 1.165) is 27.9 Å². The van der Waals surface area contributed by atoms with Crippen LogP contribution in [0.2, 0.25) is 0 Å². The minimum absolute atomic E-state index is 0.583. The molecule has 0 aliphatic rings. The number of aromatic nitrogens is 2. The summed E-state index contributed by atoms with van der Waals surface area (Å²) >= 11 is 2.20. The van der Waals surface area contributed by atoms with Crippen molar-refractivity contribution in [1.29, 1.82) is 0 Å². The second-order valence-electron chi connectivity index (χ2n) is 3.28. The number of nitrogens with two attached hydrogens (primary N) is 1. The highest BCUT2D eigenvalue weighted by Gasteiger charge is 2.08. The molecule has 0 aliphatic carbocycles. The van der Waals surface area contributed by atoms with Gasteiger partial charge in [0.05, 0.1) is 15.9 Å². The Morgan fingerprint density at radius 2 is 2.07 bits per heavy atom. The molecule has 15 heavy (non-hydrogen) atoms. The zero-order chi connectivity index (χ0) is 11.3. The normalized spacial score (nSPS) is 10.6. The van der Waals surface area contributed by atoms with Crippen LogP contribution in [-0.2, 0) is 17.6 Å². The summed E-state index contributed by atoms with van der Waals surface area (Å²) in [5.41, 5.74) is 6.88. The lowest BCUT2D eigenvalue weighted by molar-refractivity contribution is 0.200. The quantitative estimate of drug-likeness (QED) is 0.840. The molecule has 0 saturated carbocycles. The first-order valence-electron chi connectivity index (χ1n) is 4.98. The number of hydrogen-bond acceptors (Lipinski definition) is 4. The third-order valence-electron chi connectivity index (χ3n) is 2.01. The molecular formula is C10H16IN3O. The van der Waals surface area contributed by atoms with Crippen LogP contribution in [0.1, 0.15) is 24.9 Å². The highest BCUT2D eigenvalue weighted by atomic mass is 127. The van der Waals surface area contributed by atoms with Crippen LogP contribution >= 0.6 is 22.6 Å². The van der Waals surface area contributed by atoms with E-state index in [-0.39, 0.29) is 0 Å². The molecule has 0 atom stereocenters. The van der Waals surface area contributed by atoms with Crippen molar-refractivity contribution < 1.29 is 4.74 Å². The molecule has 0 aromatic carbocycles. The van der Waals surface area contributed by atoms with Crippen LogP contribution in [0, 0.1) is 3.57 Å². The first kappa shape index (κ1) is 12.6. The average Bonchev–Trinajstić information content (AvgIpc) is 2.22. The van der Waals surface area contributed by atoms with Gasteiger partial charge in [0.15, 0.2) is 0 Å². The fraction of sp³-hybridized carbons (Fsp3) is 0.600. The Balaban J connectivity index is 2.90. The first-order chi connectivity index (χ1) is 7.19. The number of aryl methyl sites for hydroxylation is 1. The molecular weight excluding hydrogens is 305 g/mol. The maximum atomic E-state index is 5.82. The molecule has 84 valence electrons. The van der Waals surface area contributed by atoms with Crippen LogP contribution in [0.5, 0.6) is 0 Å². The number of ether oxygens (including phenoxy) is 1. The SMILES string of the molecule is CCCc1nc(CCOC)nc(N)c1I. The Morgan fingerprint density at radius 3 is 2.67 bits per heavy atom. The number of anilines is 1. The number of hydrogen-bond donors (Lipinski definition) is 1. The molecule has 0 amide bonds. The van der Waals surface area contributed by atoms with Crippen LogP contribution < -0.4 is 5.73 Å². The molecule has 1 aromatic rings. The molecule has 2 N–H and O–H groups in total. The number of nitrogens with zero attached hydrogens (tertiary/aromatic N) is 2. The van der Waals surface area contributed by atoms with Crippen LogP contribution in [-0.4, -0.2) is 23.7 Å². The van der Waals surface area contributed by atoms with Gasteiger partial charge in [-0.1, -0.05) is 13.3 Å². The Labute approximate surface area is 104 Å². The summed E-state index contributed by atoms with van der Waals surface area (Å²) in [6, 6.07) is 0. The van der Waals surface area contributed by atoms with Gasteiger partial charge in [0, 0.05) is 13.5 Å². The van der Waals surface area contributed by atoms with Gasteiger partial charge in [-0.2, -0.15) is 0 Å². The maximum absolute atomic E-state index is 5.82. The van der Waals surface area contributed by atoms with Crippen molar-refractivity contribution in [2.24, 2.45) is 0 Å². The Bertz CT molecular complexity index is 331. The summed E-state index contributed by atoms with van der Waals surface area (Å²) in [6.07, 6.45) is 2.73. The number of rotatable bonds is 5. The van der Waals surface area contributed by atoms with Crippen molar-refractivity contribution in [2.45, 2.75) is 26.2 Å². The molecule has 0 radical (unpaired) electrons. The number of nitrogen functional groups attached to an aromatic ring is 1. The lowest BCUT2D eigenvalue weighted by Crippen LogP contribution is -2.09. The lowest BCUT2D eigenvalue weighted by atomic mass is 10.2. The van der Waals surface area contributed by atoms with Gasteiger partial charge in [0.1, 0.15) is 11.6 Å².